The third kappa shape index (κ3) is 1.67. The van der Waals surface area contributed by atoms with Gasteiger partial charge in [0.1, 0.15) is 0 Å². The lowest BCUT2D eigenvalue weighted by Gasteiger charge is -2.02. The quantitative estimate of drug-likeness (QED) is 0.595. The molecule has 0 fully saturated rings. The fourth-order valence-electron chi connectivity index (χ4n) is 1.06. The molecule has 0 aromatic carbocycles. The molecule has 1 aromatic heterocycles. The Morgan fingerprint density at radius 2 is 2.27 bits per heavy atom. The van der Waals surface area contributed by atoms with Crippen molar-refractivity contribution >= 4 is 5.57 Å². The van der Waals surface area contributed by atoms with Crippen molar-refractivity contribution in [3.63, 3.8) is 0 Å². The van der Waals surface area contributed by atoms with Crippen molar-refractivity contribution in [3.8, 4) is 0 Å². The van der Waals surface area contributed by atoms with Crippen LogP contribution in [-0.2, 0) is 0 Å². The molecule has 1 nitrogen and oxygen atoms in total. The van der Waals surface area contributed by atoms with Crippen molar-refractivity contribution in [1.29, 1.82) is 0 Å². The second-order valence-corrected chi connectivity index (χ2v) is 2.61. The first-order valence-electron chi connectivity index (χ1n) is 3.80. The summed E-state index contributed by atoms with van der Waals surface area (Å²) in [5.74, 6) is 0. The fraction of sp³-hybridized carbons (Fsp3) is 0.300. The van der Waals surface area contributed by atoms with Gasteiger partial charge in [-0.1, -0.05) is 12.1 Å². The van der Waals surface area contributed by atoms with Gasteiger partial charge >= 0.3 is 0 Å². The number of allylic oxidation sites excluding steroid dienone is 2. The van der Waals surface area contributed by atoms with E-state index in [0.717, 1.165) is 5.69 Å². The van der Waals surface area contributed by atoms with Crippen LogP contribution in [0.2, 0.25) is 0 Å². The predicted octanol–water partition coefficient (Wildman–Crippen LogP) is 2.81. The van der Waals surface area contributed by atoms with E-state index in [1.165, 1.54) is 11.1 Å². The molecule has 0 aliphatic carbocycles. The van der Waals surface area contributed by atoms with E-state index in [2.05, 4.69) is 24.1 Å². The Hall–Kier alpha value is -1.11. The van der Waals surface area contributed by atoms with Gasteiger partial charge < -0.3 is 0 Å². The topological polar surface area (TPSA) is 12.9 Å². The van der Waals surface area contributed by atoms with Crippen LogP contribution < -0.4 is 0 Å². The number of aromatic nitrogens is 1. The Bertz CT molecular complexity index is 274. The molecular formula is C10H13N. The summed E-state index contributed by atoms with van der Waals surface area (Å²) in [6.45, 7) is 6.17. The maximum atomic E-state index is 4.21. The zero-order valence-electron chi connectivity index (χ0n) is 7.26. The van der Waals surface area contributed by atoms with E-state index in [1.54, 1.807) is 0 Å². The van der Waals surface area contributed by atoms with E-state index in [4.69, 9.17) is 0 Å². The zero-order chi connectivity index (χ0) is 8.27. The van der Waals surface area contributed by atoms with E-state index < -0.39 is 0 Å². The molecular weight excluding hydrogens is 134 g/mol. The standard InChI is InChI=1S/C10H13N/c1-4-8(2)10-6-5-7-11-9(10)3/h4-7H,1-3H3/b8-4+. The van der Waals surface area contributed by atoms with Crippen LogP contribution in [0.15, 0.2) is 24.4 Å². The number of hydrogen-bond donors (Lipinski definition) is 0. The van der Waals surface area contributed by atoms with Crippen LogP contribution in [0.5, 0.6) is 0 Å². The molecule has 1 aromatic rings. The highest BCUT2D eigenvalue weighted by molar-refractivity contribution is 5.64. The molecule has 0 N–H and O–H groups in total. The van der Waals surface area contributed by atoms with E-state index in [0.29, 0.717) is 0 Å². The molecule has 0 bridgehead atoms. The van der Waals surface area contributed by atoms with Gasteiger partial charge in [0, 0.05) is 11.9 Å². The van der Waals surface area contributed by atoms with Gasteiger partial charge in [0.05, 0.1) is 0 Å². The molecule has 0 aliphatic heterocycles. The van der Waals surface area contributed by atoms with Crippen molar-refractivity contribution in [2.45, 2.75) is 20.8 Å². The van der Waals surface area contributed by atoms with Gasteiger partial charge in [-0.25, -0.2) is 0 Å². The molecule has 0 saturated heterocycles. The lowest BCUT2D eigenvalue weighted by molar-refractivity contribution is 1.18. The highest BCUT2D eigenvalue weighted by Crippen LogP contribution is 2.14. The first kappa shape index (κ1) is 7.99. The highest BCUT2D eigenvalue weighted by atomic mass is 14.7. The molecule has 0 spiro atoms. The van der Waals surface area contributed by atoms with Crippen LogP contribution in [0.25, 0.3) is 5.57 Å². The molecule has 0 aliphatic rings. The third-order valence-electron chi connectivity index (χ3n) is 1.86. The smallest absolute Gasteiger partial charge is 0.0447 e. The Morgan fingerprint density at radius 1 is 1.55 bits per heavy atom. The summed E-state index contributed by atoms with van der Waals surface area (Å²) in [6.07, 6.45) is 3.92. The van der Waals surface area contributed by atoms with Crippen LogP contribution >= 0.6 is 0 Å². The Balaban J connectivity index is 3.14. The van der Waals surface area contributed by atoms with Crippen LogP contribution in [0, 0.1) is 6.92 Å². The van der Waals surface area contributed by atoms with Crippen LogP contribution in [0.3, 0.4) is 0 Å². The van der Waals surface area contributed by atoms with E-state index in [-0.39, 0.29) is 0 Å². The zero-order valence-corrected chi connectivity index (χ0v) is 7.26. The monoisotopic (exact) mass is 147 g/mol. The van der Waals surface area contributed by atoms with Crippen molar-refractivity contribution in [2.24, 2.45) is 0 Å². The van der Waals surface area contributed by atoms with Crippen molar-refractivity contribution in [1.82, 2.24) is 4.98 Å². The predicted molar refractivity (Wildman–Crippen MR) is 48.3 cm³/mol. The Labute approximate surface area is 67.8 Å². The minimum absolute atomic E-state index is 1.10. The molecule has 0 atom stereocenters. The average Bonchev–Trinajstić information content (AvgIpc) is 2.04. The molecule has 58 valence electrons. The van der Waals surface area contributed by atoms with Gasteiger partial charge in [-0.3, -0.25) is 4.98 Å². The second kappa shape index (κ2) is 3.33. The van der Waals surface area contributed by atoms with Gasteiger partial charge in [-0.2, -0.15) is 0 Å². The third-order valence-corrected chi connectivity index (χ3v) is 1.86. The lowest BCUT2D eigenvalue weighted by atomic mass is 10.1. The Kier molecular flexibility index (Phi) is 2.42. The minimum atomic E-state index is 1.10. The van der Waals surface area contributed by atoms with Gasteiger partial charge in [-0.15, -0.1) is 0 Å². The molecule has 0 radical (unpaired) electrons. The summed E-state index contributed by atoms with van der Waals surface area (Å²) < 4.78 is 0. The van der Waals surface area contributed by atoms with Crippen LogP contribution in [0.1, 0.15) is 25.1 Å². The molecule has 1 heteroatoms. The van der Waals surface area contributed by atoms with E-state index in [9.17, 15) is 0 Å². The number of aryl methyl sites for hydroxylation is 1. The molecule has 0 amide bonds. The largest absolute Gasteiger partial charge is 0.261 e. The Morgan fingerprint density at radius 3 is 2.82 bits per heavy atom. The first-order valence-corrected chi connectivity index (χ1v) is 3.80. The second-order valence-electron chi connectivity index (χ2n) is 2.61. The molecule has 1 heterocycles. The first-order chi connectivity index (χ1) is 5.25. The number of pyridine rings is 1. The van der Waals surface area contributed by atoms with Gasteiger partial charge in [0.25, 0.3) is 0 Å². The van der Waals surface area contributed by atoms with Crippen LogP contribution in [0.4, 0.5) is 0 Å². The van der Waals surface area contributed by atoms with Crippen molar-refractivity contribution in [2.75, 3.05) is 0 Å². The summed E-state index contributed by atoms with van der Waals surface area (Å²) >= 11 is 0. The van der Waals surface area contributed by atoms with Gasteiger partial charge in [0.2, 0.25) is 0 Å². The molecule has 0 unspecified atom stereocenters. The van der Waals surface area contributed by atoms with Crippen LogP contribution in [-0.4, -0.2) is 4.98 Å². The van der Waals surface area contributed by atoms with Gasteiger partial charge in [0.15, 0.2) is 0 Å². The normalized spacial score (nSPS) is 11.7. The SMILES string of the molecule is C/C=C(\C)c1cccnc1C. The molecule has 11 heavy (non-hydrogen) atoms. The minimum Gasteiger partial charge on any atom is -0.261 e. The van der Waals surface area contributed by atoms with E-state index >= 15 is 0 Å². The maximum Gasteiger partial charge on any atom is 0.0447 e. The maximum absolute atomic E-state index is 4.21. The average molecular weight is 147 g/mol. The summed E-state index contributed by atoms with van der Waals surface area (Å²) in [5, 5.41) is 0. The molecule has 1 rings (SSSR count). The summed E-state index contributed by atoms with van der Waals surface area (Å²) in [5.41, 5.74) is 3.63. The number of nitrogens with zero attached hydrogens (tertiary/aromatic N) is 1. The number of hydrogen-bond acceptors (Lipinski definition) is 1. The highest BCUT2D eigenvalue weighted by Gasteiger charge is 1.97. The number of rotatable bonds is 1. The summed E-state index contributed by atoms with van der Waals surface area (Å²) in [7, 11) is 0. The summed E-state index contributed by atoms with van der Waals surface area (Å²) in [4.78, 5) is 4.21. The van der Waals surface area contributed by atoms with Crippen molar-refractivity contribution < 1.29 is 0 Å². The summed E-state index contributed by atoms with van der Waals surface area (Å²) in [6, 6.07) is 4.06. The lowest BCUT2D eigenvalue weighted by Crippen LogP contribution is -1.87. The molecule has 0 saturated carbocycles. The van der Waals surface area contributed by atoms with Crippen molar-refractivity contribution in [3.05, 3.63) is 35.7 Å². The fourth-order valence-corrected chi connectivity index (χ4v) is 1.06. The van der Waals surface area contributed by atoms with E-state index in [1.807, 2.05) is 26.1 Å². The van der Waals surface area contributed by atoms with Gasteiger partial charge in [-0.05, 0) is 38.0 Å².